The van der Waals surface area contributed by atoms with Gasteiger partial charge in [-0.25, -0.2) is 9.37 Å². The van der Waals surface area contributed by atoms with Crippen LogP contribution in [0.25, 0.3) is 11.3 Å². The Labute approximate surface area is 150 Å². The normalized spacial score (nSPS) is 15.6. The average Bonchev–Trinajstić information content (AvgIpc) is 2.63. The molecule has 1 aromatic carbocycles. The second kappa shape index (κ2) is 8.05. The highest BCUT2D eigenvalue weighted by Crippen LogP contribution is 2.18. The molecule has 7 heteroatoms. The summed E-state index contributed by atoms with van der Waals surface area (Å²) in [5.74, 6) is -1.42. The fourth-order valence-corrected chi connectivity index (χ4v) is 3.03. The molecule has 1 aromatic heterocycles. The first kappa shape index (κ1) is 18.0. The molecule has 6 nitrogen and oxygen atoms in total. The number of amides is 1. The molecule has 1 aliphatic rings. The molecule has 0 spiro atoms. The number of likely N-dealkylation sites (tertiary alicyclic amines) is 1. The van der Waals surface area contributed by atoms with Crippen molar-refractivity contribution < 1.29 is 19.1 Å². The smallest absolute Gasteiger partial charge is 0.317 e. The van der Waals surface area contributed by atoms with Crippen molar-refractivity contribution in [1.82, 2.24) is 15.2 Å². The number of aliphatic carboxylic acids is 1. The number of carbonyl (C=O) groups excluding carboxylic acids is 1. The van der Waals surface area contributed by atoms with Crippen molar-refractivity contribution in [3.63, 3.8) is 0 Å². The lowest BCUT2D eigenvalue weighted by atomic mass is 10.0. The number of pyridine rings is 1. The lowest BCUT2D eigenvalue weighted by molar-refractivity contribution is -0.138. The SMILES string of the molecule is O=C(O)CN1CCC(NC(=O)c2cccc(-c3ccc(F)cc3)n2)CC1. The van der Waals surface area contributed by atoms with Crippen molar-refractivity contribution >= 4 is 11.9 Å². The molecule has 2 heterocycles. The van der Waals surface area contributed by atoms with Gasteiger partial charge < -0.3 is 10.4 Å². The number of carboxylic acids is 1. The number of benzene rings is 1. The van der Waals surface area contributed by atoms with E-state index < -0.39 is 5.97 Å². The van der Waals surface area contributed by atoms with Crippen LogP contribution in [0.3, 0.4) is 0 Å². The minimum Gasteiger partial charge on any atom is -0.480 e. The highest BCUT2D eigenvalue weighted by molar-refractivity contribution is 5.93. The van der Waals surface area contributed by atoms with Gasteiger partial charge in [0.05, 0.1) is 12.2 Å². The summed E-state index contributed by atoms with van der Waals surface area (Å²) in [7, 11) is 0. The van der Waals surface area contributed by atoms with Crippen LogP contribution in [0, 0.1) is 5.82 Å². The molecule has 0 unspecified atom stereocenters. The van der Waals surface area contributed by atoms with Crippen molar-refractivity contribution in [3.8, 4) is 11.3 Å². The monoisotopic (exact) mass is 357 g/mol. The van der Waals surface area contributed by atoms with Gasteiger partial charge in [-0.15, -0.1) is 0 Å². The summed E-state index contributed by atoms with van der Waals surface area (Å²) in [6, 6.07) is 11.1. The van der Waals surface area contributed by atoms with E-state index in [9.17, 15) is 14.0 Å². The van der Waals surface area contributed by atoms with Gasteiger partial charge in [0.25, 0.3) is 5.91 Å². The molecule has 0 aliphatic carbocycles. The van der Waals surface area contributed by atoms with E-state index in [1.165, 1.54) is 12.1 Å². The van der Waals surface area contributed by atoms with Crippen LogP contribution in [-0.4, -0.2) is 52.5 Å². The molecule has 1 fully saturated rings. The van der Waals surface area contributed by atoms with Crippen LogP contribution in [0.5, 0.6) is 0 Å². The zero-order chi connectivity index (χ0) is 18.5. The number of nitrogens with one attached hydrogen (secondary N) is 1. The van der Waals surface area contributed by atoms with Crippen molar-refractivity contribution in [1.29, 1.82) is 0 Å². The van der Waals surface area contributed by atoms with Crippen molar-refractivity contribution in [3.05, 3.63) is 54.0 Å². The average molecular weight is 357 g/mol. The van der Waals surface area contributed by atoms with E-state index in [0.29, 0.717) is 37.3 Å². The summed E-state index contributed by atoms with van der Waals surface area (Å²) >= 11 is 0. The molecule has 0 saturated carbocycles. The fourth-order valence-electron chi connectivity index (χ4n) is 3.03. The minimum atomic E-state index is -0.839. The predicted molar refractivity (Wildman–Crippen MR) is 94.2 cm³/mol. The van der Waals surface area contributed by atoms with Gasteiger partial charge in [0.1, 0.15) is 11.5 Å². The van der Waals surface area contributed by atoms with Gasteiger partial charge >= 0.3 is 5.97 Å². The number of rotatable bonds is 5. The fraction of sp³-hybridized carbons (Fsp3) is 0.316. The third-order valence-corrected chi connectivity index (χ3v) is 4.40. The Bertz CT molecular complexity index is 787. The first-order valence-electron chi connectivity index (χ1n) is 8.49. The van der Waals surface area contributed by atoms with Crippen molar-refractivity contribution in [2.75, 3.05) is 19.6 Å². The molecule has 1 aliphatic heterocycles. The van der Waals surface area contributed by atoms with Crippen LogP contribution in [0.1, 0.15) is 23.3 Å². The van der Waals surface area contributed by atoms with Crippen LogP contribution in [-0.2, 0) is 4.79 Å². The maximum absolute atomic E-state index is 13.0. The quantitative estimate of drug-likeness (QED) is 0.857. The summed E-state index contributed by atoms with van der Waals surface area (Å²) < 4.78 is 13.0. The van der Waals surface area contributed by atoms with Crippen LogP contribution >= 0.6 is 0 Å². The van der Waals surface area contributed by atoms with E-state index in [1.54, 1.807) is 30.3 Å². The zero-order valence-electron chi connectivity index (χ0n) is 14.2. The second-order valence-electron chi connectivity index (χ2n) is 6.33. The second-order valence-corrected chi connectivity index (χ2v) is 6.33. The first-order valence-corrected chi connectivity index (χ1v) is 8.49. The molecular formula is C19H20FN3O3. The molecule has 2 aromatic rings. The van der Waals surface area contributed by atoms with Crippen LogP contribution in [0.4, 0.5) is 4.39 Å². The Hall–Kier alpha value is -2.80. The van der Waals surface area contributed by atoms with Crippen molar-refractivity contribution in [2.24, 2.45) is 0 Å². The molecule has 1 amide bonds. The van der Waals surface area contributed by atoms with Gasteiger partial charge in [-0.3, -0.25) is 14.5 Å². The molecule has 0 radical (unpaired) electrons. The largest absolute Gasteiger partial charge is 0.480 e. The Balaban J connectivity index is 1.61. The molecular weight excluding hydrogens is 337 g/mol. The Morgan fingerprint density at radius 3 is 2.50 bits per heavy atom. The maximum Gasteiger partial charge on any atom is 0.317 e. The molecule has 26 heavy (non-hydrogen) atoms. The number of piperidine rings is 1. The number of carbonyl (C=O) groups is 2. The summed E-state index contributed by atoms with van der Waals surface area (Å²) in [6.45, 7) is 1.31. The van der Waals surface area contributed by atoms with Crippen LogP contribution < -0.4 is 5.32 Å². The number of hydrogen-bond donors (Lipinski definition) is 2. The lowest BCUT2D eigenvalue weighted by Crippen LogP contribution is -2.46. The predicted octanol–water partition coefficient (Wildman–Crippen LogP) is 2.17. The molecule has 1 saturated heterocycles. The summed E-state index contributed by atoms with van der Waals surface area (Å²) in [4.78, 5) is 29.4. The highest BCUT2D eigenvalue weighted by atomic mass is 19.1. The van der Waals surface area contributed by atoms with Crippen LogP contribution in [0.15, 0.2) is 42.5 Å². The van der Waals surface area contributed by atoms with Gasteiger partial charge in [-0.1, -0.05) is 6.07 Å². The maximum atomic E-state index is 13.0. The minimum absolute atomic E-state index is 0.00354. The van der Waals surface area contributed by atoms with E-state index in [-0.39, 0.29) is 24.3 Å². The van der Waals surface area contributed by atoms with Gasteiger partial charge in [0, 0.05) is 24.7 Å². The molecule has 136 valence electrons. The van der Waals surface area contributed by atoms with E-state index in [1.807, 2.05) is 4.90 Å². The third-order valence-electron chi connectivity index (χ3n) is 4.40. The lowest BCUT2D eigenvalue weighted by Gasteiger charge is -2.31. The van der Waals surface area contributed by atoms with Crippen molar-refractivity contribution in [2.45, 2.75) is 18.9 Å². The topological polar surface area (TPSA) is 82.5 Å². The highest BCUT2D eigenvalue weighted by Gasteiger charge is 2.22. The number of hydrogen-bond acceptors (Lipinski definition) is 4. The molecule has 0 bridgehead atoms. The summed E-state index contributed by atoms with van der Waals surface area (Å²) in [5, 5.41) is 11.8. The van der Waals surface area contributed by atoms with E-state index in [4.69, 9.17) is 5.11 Å². The Morgan fingerprint density at radius 2 is 1.85 bits per heavy atom. The molecule has 0 atom stereocenters. The van der Waals surface area contributed by atoms with Gasteiger partial charge in [-0.05, 0) is 49.2 Å². The molecule has 2 N–H and O–H groups in total. The van der Waals surface area contributed by atoms with Gasteiger partial charge in [-0.2, -0.15) is 0 Å². The van der Waals surface area contributed by atoms with Crippen LogP contribution in [0.2, 0.25) is 0 Å². The number of halogens is 1. The van der Waals surface area contributed by atoms with Gasteiger partial charge in [0.15, 0.2) is 0 Å². The van der Waals surface area contributed by atoms with E-state index in [0.717, 1.165) is 5.56 Å². The Morgan fingerprint density at radius 1 is 1.15 bits per heavy atom. The number of carboxylic acid groups (broad SMARTS) is 1. The van der Waals surface area contributed by atoms with E-state index in [2.05, 4.69) is 10.3 Å². The van der Waals surface area contributed by atoms with Gasteiger partial charge in [0.2, 0.25) is 0 Å². The number of aromatic nitrogens is 1. The summed E-state index contributed by atoms with van der Waals surface area (Å²) in [6.07, 6.45) is 1.41. The summed E-state index contributed by atoms with van der Waals surface area (Å²) in [5.41, 5.74) is 1.65. The third kappa shape index (κ3) is 4.64. The zero-order valence-corrected chi connectivity index (χ0v) is 14.2. The standard InChI is InChI=1S/C19H20FN3O3/c20-14-6-4-13(5-7-14)16-2-1-3-17(22-16)19(26)21-15-8-10-23(11-9-15)12-18(24)25/h1-7,15H,8-12H2,(H,21,26)(H,24,25). The van der Waals surface area contributed by atoms with E-state index >= 15 is 0 Å². The molecule has 3 rings (SSSR count). The Kier molecular flexibility index (Phi) is 5.58. The first-order chi connectivity index (χ1) is 12.5. The number of nitrogens with zero attached hydrogens (tertiary/aromatic N) is 2.